The molecule has 3 aromatic rings. The van der Waals surface area contributed by atoms with E-state index in [1.165, 1.54) is 27.9 Å². The fraction of sp³-hybridized carbons (Fsp3) is 0.367. The molecular formula is C30H33N3O4S3. The van der Waals surface area contributed by atoms with E-state index in [1.54, 1.807) is 17.2 Å². The van der Waals surface area contributed by atoms with Gasteiger partial charge in [-0.1, -0.05) is 98.5 Å². The van der Waals surface area contributed by atoms with Gasteiger partial charge in [0, 0.05) is 24.1 Å². The molecule has 0 unspecified atom stereocenters. The predicted molar refractivity (Wildman–Crippen MR) is 166 cm³/mol. The molecule has 2 aromatic heterocycles. The number of fused-ring (bicyclic) bond motifs is 1. The first-order valence-electron chi connectivity index (χ1n) is 13.6. The van der Waals surface area contributed by atoms with Gasteiger partial charge >= 0.3 is 5.97 Å². The third-order valence-electron chi connectivity index (χ3n) is 6.60. The van der Waals surface area contributed by atoms with Crippen LogP contribution in [0.1, 0.15) is 68.9 Å². The summed E-state index contributed by atoms with van der Waals surface area (Å²) in [7, 11) is 0. The maximum absolute atomic E-state index is 13.6. The molecular weight excluding hydrogens is 563 g/mol. The molecule has 1 aliphatic heterocycles. The summed E-state index contributed by atoms with van der Waals surface area (Å²) in [5.41, 5.74) is 1.65. The molecule has 7 nitrogen and oxygen atoms in total. The number of aliphatic carboxylic acids is 1. The van der Waals surface area contributed by atoms with E-state index >= 15 is 0 Å². The Balaban J connectivity index is 1.42. The Morgan fingerprint density at radius 3 is 2.38 bits per heavy atom. The number of carboxylic acid groups (broad SMARTS) is 1. The van der Waals surface area contributed by atoms with Crippen LogP contribution < -0.4 is 5.56 Å². The highest BCUT2D eigenvalue weighted by molar-refractivity contribution is 8.26. The van der Waals surface area contributed by atoms with Gasteiger partial charge in [-0.15, -0.1) is 0 Å². The lowest BCUT2D eigenvalue weighted by Crippen LogP contribution is -2.29. The van der Waals surface area contributed by atoms with Gasteiger partial charge < -0.3 is 5.11 Å². The fourth-order valence-electron chi connectivity index (χ4n) is 4.47. The molecule has 1 amide bonds. The summed E-state index contributed by atoms with van der Waals surface area (Å²) in [4.78, 5) is 45.3. The number of hydrogen-bond acceptors (Lipinski definition) is 7. The Labute approximate surface area is 248 Å². The smallest absolute Gasteiger partial charge is 0.303 e. The van der Waals surface area contributed by atoms with E-state index in [-0.39, 0.29) is 17.9 Å². The first-order chi connectivity index (χ1) is 19.3. The molecule has 0 aliphatic carbocycles. The molecule has 0 radical (unpaired) electrons. The number of pyridine rings is 1. The Bertz CT molecular complexity index is 1470. The molecule has 1 saturated heterocycles. The molecule has 1 fully saturated rings. The topological polar surface area (TPSA) is 92.0 Å². The third kappa shape index (κ3) is 8.05. The average Bonchev–Trinajstić information content (AvgIpc) is 3.20. The van der Waals surface area contributed by atoms with E-state index in [0.29, 0.717) is 32.0 Å². The summed E-state index contributed by atoms with van der Waals surface area (Å²) in [6.45, 7) is 2.48. The standard InChI is InChI=1S/C30H33N3O4S3/c1-21-16-17-25-31-27(39-22-13-9-8-10-14-22)23(28(36)33(25)20-21)19-24-29(37)32(30(38)40-24)18-12-7-5-3-2-4-6-11-15-26(34)35/h8-10,13-14,16-17,19-20H,2-7,11-12,15,18H2,1H3,(H,34,35)/b24-19+. The lowest BCUT2D eigenvalue weighted by atomic mass is 10.1. The van der Waals surface area contributed by atoms with Gasteiger partial charge in [-0.05, 0) is 49.6 Å². The van der Waals surface area contributed by atoms with Gasteiger partial charge in [0.1, 0.15) is 15.0 Å². The SMILES string of the molecule is Cc1ccc2nc(Sc3ccccc3)c(/C=C3/SC(=S)N(CCCCCCCCCCC(=O)O)C3=O)c(=O)n2c1. The minimum atomic E-state index is -0.728. The van der Waals surface area contributed by atoms with Crippen molar-refractivity contribution in [3.63, 3.8) is 0 Å². The molecule has 1 aliphatic rings. The van der Waals surface area contributed by atoms with E-state index in [0.717, 1.165) is 61.8 Å². The molecule has 0 spiro atoms. The van der Waals surface area contributed by atoms with Crippen LogP contribution in [0.4, 0.5) is 0 Å². The van der Waals surface area contributed by atoms with Crippen molar-refractivity contribution in [2.75, 3.05) is 6.54 Å². The normalized spacial score (nSPS) is 14.5. The van der Waals surface area contributed by atoms with Crippen LogP contribution in [0.25, 0.3) is 11.7 Å². The number of aromatic nitrogens is 2. The number of thioether (sulfide) groups is 1. The van der Waals surface area contributed by atoms with Crippen LogP contribution in [-0.2, 0) is 9.59 Å². The van der Waals surface area contributed by atoms with Crippen molar-refractivity contribution in [1.29, 1.82) is 0 Å². The van der Waals surface area contributed by atoms with Crippen molar-refractivity contribution in [3.8, 4) is 0 Å². The van der Waals surface area contributed by atoms with Crippen molar-refractivity contribution in [2.45, 2.75) is 74.6 Å². The van der Waals surface area contributed by atoms with Crippen molar-refractivity contribution in [2.24, 2.45) is 0 Å². The summed E-state index contributed by atoms with van der Waals surface area (Å²) in [5.74, 6) is -0.897. The van der Waals surface area contributed by atoms with Crippen LogP contribution in [0.2, 0.25) is 0 Å². The number of carbonyl (C=O) groups excluding carboxylic acids is 1. The summed E-state index contributed by atoms with van der Waals surface area (Å²) in [6.07, 6.45) is 11.5. The maximum Gasteiger partial charge on any atom is 0.303 e. The second-order valence-corrected chi connectivity index (χ2v) is 12.5. The number of nitrogens with zero attached hydrogens (tertiary/aromatic N) is 3. The molecule has 40 heavy (non-hydrogen) atoms. The molecule has 0 saturated carbocycles. The van der Waals surface area contributed by atoms with Crippen LogP contribution in [0.3, 0.4) is 0 Å². The van der Waals surface area contributed by atoms with Gasteiger partial charge in [-0.25, -0.2) is 4.98 Å². The third-order valence-corrected chi connectivity index (χ3v) is 8.99. The second kappa shape index (κ2) is 14.6. The molecule has 10 heteroatoms. The summed E-state index contributed by atoms with van der Waals surface area (Å²) in [5, 5.41) is 9.25. The van der Waals surface area contributed by atoms with Gasteiger partial charge in [0.05, 0.1) is 10.5 Å². The highest BCUT2D eigenvalue weighted by atomic mass is 32.2. The first kappa shape index (κ1) is 30.0. The zero-order valence-electron chi connectivity index (χ0n) is 22.5. The quantitative estimate of drug-likeness (QED) is 0.0927. The molecule has 210 valence electrons. The van der Waals surface area contributed by atoms with Crippen molar-refractivity contribution < 1.29 is 14.7 Å². The Hall–Kier alpha value is -2.95. The van der Waals surface area contributed by atoms with Gasteiger partial charge in [0.25, 0.3) is 11.5 Å². The fourth-order valence-corrected chi connectivity index (χ4v) is 6.67. The molecule has 1 aromatic carbocycles. The number of amides is 1. The lowest BCUT2D eigenvalue weighted by Gasteiger charge is -2.14. The molecule has 1 N–H and O–H groups in total. The number of aryl methyl sites for hydroxylation is 1. The van der Waals surface area contributed by atoms with Gasteiger partial charge in [-0.3, -0.25) is 23.7 Å². The number of thiocarbonyl (C=S) groups is 1. The number of benzene rings is 1. The summed E-state index contributed by atoms with van der Waals surface area (Å²) in [6, 6.07) is 13.5. The van der Waals surface area contributed by atoms with Crippen LogP contribution >= 0.6 is 35.7 Å². The lowest BCUT2D eigenvalue weighted by molar-refractivity contribution is -0.137. The zero-order chi connectivity index (χ0) is 28.5. The minimum Gasteiger partial charge on any atom is -0.481 e. The first-order valence-corrected chi connectivity index (χ1v) is 15.6. The van der Waals surface area contributed by atoms with E-state index in [1.807, 2.05) is 49.4 Å². The van der Waals surface area contributed by atoms with Crippen LogP contribution in [0.15, 0.2) is 68.3 Å². The number of carboxylic acids is 1. The monoisotopic (exact) mass is 595 g/mol. The molecule has 3 heterocycles. The van der Waals surface area contributed by atoms with Crippen LogP contribution in [0, 0.1) is 6.92 Å². The van der Waals surface area contributed by atoms with Crippen molar-refractivity contribution in [1.82, 2.24) is 14.3 Å². The second-order valence-electron chi connectivity index (χ2n) is 9.79. The Morgan fingerprint density at radius 1 is 1.00 bits per heavy atom. The van der Waals surface area contributed by atoms with Crippen molar-refractivity contribution >= 4 is 63.7 Å². The number of unbranched alkanes of at least 4 members (excludes halogenated alkanes) is 7. The maximum atomic E-state index is 13.6. The van der Waals surface area contributed by atoms with Crippen molar-refractivity contribution in [3.05, 3.63) is 75.0 Å². The highest BCUT2D eigenvalue weighted by Gasteiger charge is 2.32. The molecule has 0 bridgehead atoms. The van der Waals surface area contributed by atoms with E-state index in [9.17, 15) is 14.4 Å². The van der Waals surface area contributed by atoms with E-state index in [4.69, 9.17) is 22.3 Å². The molecule has 4 rings (SSSR count). The van der Waals surface area contributed by atoms with Gasteiger partial charge in [-0.2, -0.15) is 0 Å². The summed E-state index contributed by atoms with van der Waals surface area (Å²) >= 11 is 8.17. The highest BCUT2D eigenvalue weighted by Crippen LogP contribution is 2.35. The van der Waals surface area contributed by atoms with Gasteiger partial charge in [0.2, 0.25) is 0 Å². The number of rotatable bonds is 14. The summed E-state index contributed by atoms with van der Waals surface area (Å²) < 4.78 is 2.04. The average molecular weight is 596 g/mol. The van der Waals surface area contributed by atoms with Gasteiger partial charge in [0.15, 0.2) is 0 Å². The van der Waals surface area contributed by atoms with Crippen LogP contribution in [0.5, 0.6) is 0 Å². The van der Waals surface area contributed by atoms with Crippen LogP contribution in [-0.4, -0.2) is 42.1 Å². The predicted octanol–water partition coefficient (Wildman–Crippen LogP) is 6.95. The number of carbonyl (C=O) groups is 2. The van der Waals surface area contributed by atoms with E-state index < -0.39 is 5.97 Å². The zero-order valence-corrected chi connectivity index (χ0v) is 25.0. The number of hydrogen-bond donors (Lipinski definition) is 1. The molecule has 0 atom stereocenters. The largest absolute Gasteiger partial charge is 0.481 e. The minimum absolute atomic E-state index is 0.169. The Morgan fingerprint density at radius 2 is 1.68 bits per heavy atom. The van der Waals surface area contributed by atoms with E-state index in [2.05, 4.69) is 0 Å². The Kier molecular flexibility index (Phi) is 11.0.